The van der Waals surface area contributed by atoms with E-state index in [1.165, 1.54) is 0 Å². The molecular weight excluding hydrogens is 426 g/mol. The molecule has 0 radical (unpaired) electrons. The summed E-state index contributed by atoms with van der Waals surface area (Å²) in [5, 5.41) is 11.0. The molecule has 150 valence electrons. The number of halogens is 1. The van der Waals surface area contributed by atoms with E-state index in [-0.39, 0.29) is 25.8 Å². The predicted octanol–water partition coefficient (Wildman–Crippen LogP) is 2.49. The summed E-state index contributed by atoms with van der Waals surface area (Å²) >= 11 is 3.37. The Morgan fingerprint density at radius 2 is 1.78 bits per heavy atom. The maximum absolute atomic E-state index is 11.6. The van der Waals surface area contributed by atoms with Crippen molar-refractivity contribution in [3.8, 4) is 11.5 Å². The van der Waals surface area contributed by atoms with Gasteiger partial charge in [-0.05, 0) is 46.5 Å². The SMILES string of the molecule is COc1cc(CCNC(=O)OCOC(=O)CCCC(=O)O)c(OC)cc1Br. The van der Waals surface area contributed by atoms with Crippen LogP contribution in [0.15, 0.2) is 16.6 Å². The number of hydrogen-bond donors (Lipinski definition) is 2. The van der Waals surface area contributed by atoms with Crippen molar-refractivity contribution < 1.29 is 38.4 Å². The summed E-state index contributed by atoms with van der Waals surface area (Å²) in [4.78, 5) is 33.2. The highest BCUT2D eigenvalue weighted by Crippen LogP contribution is 2.32. The average molecular weight is 448 g/mol. The number of ether oxygens (including phenoxy) is 4. The molecule has 0 heterocycles. The van der Waals surface area contributed by atoms with Gasteiger partial charge in [0, 0.05) is 19.4 Å². The van der Waals surface area contributed by atoms with Gasteiger partial charge in [-0.3, -0.25) is 9.59 Å². The van der Waals surface area contributed by atoms with Crippen LogP contribution in [0, 0.1) is 0 Å². The number of aliphatic carboxylic acids is 1. The first-order chi connectivity index (χ1) is 12.9. The summed E-state index contributed by atoms with van der Waals surface area (Å²) in [7, 11) is 3.10. The minimum Gasteiger partial charge on any atom is -0.496 e. The highest BCUT2D eigenvalue weighted by molar-refractivity contribution is 9.10. The summed E-state index contributed by atoms with van der Waals surface area (Å²) in [6, 6.07) is 3.57. The molecule has 0 aliphatic heterocycles. The molecular formula is C17H22BrNO8. The lowest BCUT2D eigenvalue weighted by Gasteiger charge is -2.13. The second kappa shape index (κ2) is 12.0. The summed E-state index contributed by atoms with van der Waals surface area (Å²) in [6.07, 6.45) is -0.282. The molecule has 9 nitrogen and oxygen atoms in total. The molecule has 0 bridgehead atoms. The number of rotatable bonds is 11. The molecule has 27 heavy (non-hydrogen) atoms. The third-order valence-electron chi connectivity index (χ3n) is 3.40. The van der Waals surface area contributed by atoms with Gasteiger partial charge in [0.05, 0.1) is 18.7 Å². The molecule has 0 aliphatic rings. The lowest BCUT2D eigenvalue weighted by Crippen LogP contribution is -2.27. The van der Waals surface area contributed by atoms with Crippen LogP contribution in [0.25, 0.3) is 0 Å². The molecule has 0 aromatic heterocycles. The van der Waals surface area contributed by atoms with Crippen LogP contribution >= 0.6 is 15.9 Å². The zero-order valence-electron chi connectivity index (χ0n) is 15.1. The average Bonchev–Trinajstić information content (AvgIpc) is 2.62. The van der Waals surface area contributed by atoms with Gasteiger partial charge in [0.1, 0.15) is 11.5 Å². The van der Waals surface area contributed by atoms with Crippen LogP contribution in [-0.2, 0) is 25.5 Å². The minimum atomic E-state index is -0.988. The van der Waals surface area contributed by atoms with Gasteiger partial charge in [0.25, 0.3) is 0 Å². The molecule has 0 spiro atoms. The summed E-state index contributed by atoms with van der Waals surface area (Å²) in [6.45, 7) is -0.264. The van der Waals surface area contributed by atoms with Gasteiger partial charge in [0.2, 0.25) is 6.79 Å². The first kappa shape index (κ1) is 22.6. The second-order valence-corrected chi connectivity index (χ2v) is 6.14. The number of carboxylic acid groups (broad SMARTS) is 1. The number of alkyl carbamates (subject to hydrolysis) is 1. The smallest absolute Gasteiger partial charge is 0.410 e. The van der Waals surface area contributed by atoms with Crippen LogP contribution < -0.4 is 14.8 Å². The molecule has 0 saturated heterocycles. The Balaban J connectivity index is 2.31. The number of carbonyl (C=O) groups is 3. The Labute approximate surface area is 165 Å². The molecule has 0 aliphatic carbocycles. The van der Waals surface area contributed by atoms with Gasteiger partial charge in [-0.1, -0.05) is 0 Å². The maximum atomic E-state index is 11.6. The normalized spacial score (nSPS) is 10.0. The van der Waals surface area contributed by atoms with Crippen LogP contribution in [0.3, 0.4) is 0 Å². The van der Waals surface area contributed by atoms with Gasteiger partial charge in [0.15, 0.2) is 0 Å². The fourth-order valence-electron chi connectivity index (χ4n) is 2.07. The van der Waals surface area contributed by atoms with Crippen LogP contribution in [0.4, 0.5) is 4.79 Å². The number of hydrogen-bond acceptors (Lipinski definition) is 7. The van der Waals surface area contributed by atoms with E-state index in [0.717, 1.165) is 10.0 Å². The van der Waals surface area contributed by atoms with Gasteiger partial charge in [-0.25, -0.2) is 4.79 Å². The Morgan fingerprint density at radius 1 is 1.07 bits per heavy atom. The molecule has 0 atom stereocenters. The summed E-state index contributed by atoms with van der Waals surface area (Å²) in [5.41, 5.74) is 0.836. The van der Waals surface area contributed by atoms with Crippen LogP contribution in [0.1, 0.15) is 24.8 Å². The third kappa shape index (κ3) is 8.63. The monoisotopic (exact) mass is 447 g/mol. The number of nitrogens with one attached hydrogen (secondary N) is 1. The van der Waals surface area contributed by atoms with Crippen molar-refractivity contribution >= 4 is 34.0 Å². The number of carbonyl (C=O) groups excluding carboxylic acids is 2. The maximum Gasteiger partial charge on any atom is 0.410 e. The van der Waals surface area contributed by atoms with Crippen molar-refractivity contribution in [1.82, 2.24) is 5.32 Å². The van der Waals surface area contributed by atoms with Crippen molar-refractivity contribution in [2.45, 2.75) is 25.7 Å². The number of benzene rings is 1. The fourth-order valence-corrected chi connectivity index (χ4v) is 2.56. The first-order valence-corrected chi connectivity index (χ1v) is 8.85. The highest BCUT2D eigenvalue weighted by atomic mass is 79.9. The van der Waals surface area contributed by atoms with Gasteiger partial charge >= 0.3 is 18.0 Å². The lowest BCUT2D eigenvalue weighted by molar-refractivity contribution is -0.152. The third-order valence-corrected chi connectivity index (χ3v) is 4.02. The van der Waals surface area contributed by atoms with Gasteiger partial charge in [-0.2, -0.15) is 0 Å². The molecule has 2 N–H and O–H groups in total. The van der Waals surface area contributed by atoms with Crippen molar-refractivity contribution in [3.63, 3.8) is 0 Å². The van der Waals surface area contributed by atoms with E-state index in [2.05, 4.69) is 26.0 Å². The van der Waals surface area contributed by atoms with Crippen molar-refractivity contribution in [3.05, 3.63) is 22.2 Å². The minimum absolute atomic E-state index is 0.0531. The standard InChI is InChI=1S/C17H22BrNO8/c1-24-13-9-12(18)14(25-2)8-11(13)6-7-19-17(23)27-10-26-16(22)5-3-4-15(20)21/h8-9H,3-7,10H2,1-2H3,(H,19,23)(H,20,21). The van der Waals surface area contributed by atoms with E-state index in [9.17, 15) is 14.4 Å². The molecule has 0 saturated carbocycles. The van der Waals surface area contributed by atoms with E-state index < -0.39 is 24.8 Å². The van der Waals surface area contributed by atoms with Crippen LogP contribution in [0.2, 0.25) is 0 Å². The second-order valence-electron chi connectivity index (χ2n) is 5.29. The fraction of sp³-hybridized carbons (Fsp3) is 0.471. The van der Waals surface area contributed by atoms with E-state index in [0.29, 0.717) is 17.9 Å². The van der Waals surface area contributed by atoms with Crippen molar-refractivity contribution in [2.24, 2.45) is 0 Å². The Kier molecular flexibility index (Phi) is 10.0. The van der Waals surface area contributed by atoms with Crippen LogP contribution in [0.5, 0.6) is 11.5 Å². The van der Waals surface area contributed by atoms with Crippen molar-refractivity contribution in [2.75, 3.05) is 27.6 Å². The van der Waals surface area contributed by atoms with Crippen molar-refractivity contribution in [1.29, 1.82) is 0 Å². The quantitative estimate of drug-likeness (QED) is 0.392. The van der Waals surface area contributed by atoms with E-state index >= 15 is 0 Å². The zero-order chi connectivity index (χ0) is 20.2. The Hall–Kier alpha value is -2.49. The summed E-state index contributed by atoms with van der Waals surface area (Å²) < 4.78 is 20.7. The largest absolute Gasteiger partial charge is 0.496 e. The molecule has 0 unspecified atom stereocenters. The highest BCUT2D eigenvalue weighted by Gasteiger charge is 2.11. The summed E-state index contributed by atoms with van der Waals surface area (Å²) in [5.74, 6) is -0.328. The predicted molar refractivity (Wildman–Crippen MR) is 97.9 cm³/mol. The van der Waals surface area contributed by atoms with E-state index in [4.69, 9.17) is 19.3 Å². The van der Waals surface area contributed by atoms with Crippen LogP contribution in [-0.4, -0.2) is 50.7 Å². The molecule has 1 aromatic carbocycles. The number of esters is 1. The lowest BCUT2D eigenvalue weighted by atomic mass is 10.1. The Morgan fingerprint density at radius 3 is 2.41 bits per heavy atom. The van der Waals surface area contributed by atoms with E-state index in [1.54, 1.807) is 26.4 Å². The molecule has 10 heteroatoms. The topological polar surface area (TPSA) is 120 Å². The number of carboxylic acids is 1. The van der Waals surface area contributed by atoms with E-state index in [1.807, 2.05) is 0 Å². The van der Waals surface area contributed by atoms with Gasteiger partial charge in [-0.15, -0.1) is 0 Å². The molecule has 0 fully saturated rings. The van der Waals surface area contributed by atoms with Gasteiger partial charge < -0.3 is 29.4 Å². The first-order valence-electron chi connectivity index (χ1n) is 8.05. The molecule has 1 rings (SSSR count). The number of amides is 1. The Bertz CT molecular complexity index is 665. The zero-order valence-corrected chi connectivity index (χ0v) is 16.7. The molecule has 1 amide bonds. The number of methoxy groups -OCH3 is 2. The molecule has 1 aromatic rings.